The fourth-order valence-corrected chi connectivity index (χ4v) is 4.24. The third-order valence-corrected chi connectivity index (χ3v) is 5.17. The second-order valence-corrected chi connectivity index (χ2v) is 6.70. The zero-order valence-corrected chi connectivity index (χ0v) is 12.5. The molecule has 2 aromatic heterocycles. The van der Waals surface area contributed by atoms with Crippen molar-refractivity contribution in [2.75, 3.05) is 7.05 Å². The van der Waals surface area contributed by atoms with Crippen molar-refractivity contribution in [3.63, 3.8) is 0 Å². The van der Waals surface area contributed by atoms with E-state index in [1.165, 1.54) is 29.0 Å². The highest BCUT2D eigenvalue weighted by Gasteiger charge is 2.29. The van der Waals surface area contributed by atoms with Gasteiger partial charge < -0.3 is 5.32 Å². The highest BCUT2D eigenvalue weighted by molar-refractivity contribution is 7.16. The van der Waals surface area contributed by atoms with Crippen molar-refractivity contribution in [1.82, 2.24) is 10.3 Å². The van der Waals surface area contributed by atoms with E-state index in [1.807, 2.05) is 25.4 Å². The number of hydrogen-bond donors (Lipinski definition) is 1. The molecule has 0 saturated carbocycles. The van der Waals surface area contributed by atoms with Gasteiger partial charge in [-0.15, -0.1) is 11.3 Å². The van der Waals surface area contributed by atoms with Crippen molar-refractivity contribution < 1.29 is 0 Å². The first kappa shape index (κ1) is 13.1. The number of aromatic nitrogens is 1. The highest BCUT2D eigenvalue weighted by atomic mass is 35.5. The fourth-order valence-electron chi connectivity index (χ4n) is 3.01. The largest absolute Gasteiger partial charge is 0.312 e. The topological polar surface area (TPSA) is 24.9 Å². The number of nitrogens with one attached hydrogen (secondary N) is 1. The monoisotopic (exact) mass is 292 g/mol. The van der Waals surface area contributed by atoms with Crippen LogP contribution in [0, 0.1) is 0 Å². The van der Waals surface area contributed by atoms with E-state index in [-0.39, 0.29) is 0 Å². The van der Waals surface area contributed by atoms with Gasteiger partial charge in [-0.2, -0.15) is 0 Å². The molecule has 2 atom stereocenters. The first-order valence-corrected chi connectivity index (χ1v) is 7.85. The molecule has 0 aliphatic heterocycles. The number of pyridine rings is 1. The zero-order valence-electron chi connectivity index (χ0n) is 10.9. The van der Waals surface area contributed by atoms with Crippen molar-refractivity contribution >= 4 is 22.9 Å². The summed E-state index contributed by atoms with van der Waals surface area (Å²) < 4.78 is 0.854. The average molecular weight is 293 g/mol. The smallest absolute Gasteiger partial charge is 0.0931 e. The Morgan fingerprint density at radius 2 is 2.32 bits per heavy atom. The molecule has 1 N–H and O–H groups in total. The molecule has 2 aromatic rings. The first-order valence-electron chi connectivity index (χ1n) is 6.66. The molecule has 100 valence electrons. The van der Waals surface area contributed by atoms with E-state index in [1.54, 1.807) is 11.3 Å². The Labute approximate surface area is 122 Å². The first-order chi connectivity index (χ1) is 9.29. The van der Waals surface area contributed by atoms with Crippen LogP contribution in [0.4, 0.5) is 0 Å². The fraction of sp³-hybridized carbons (Fsp3) is 0.400. The van der Waals surface area contributed by atoms with Gasteiger partial charge in [0.25, 0.3) is 0 Å². The van der Waals surface area contributed by atoms with Gasteiger partial charge >= 0.3 is 0 Å². The predicted octanol–water partition coefficient (Wildman–Crippen LogP) is 4.18. The third kappa shape index (κ3) is 2.55. The van der Waals surface area contributed by atoms with Crippen molar-refractivity contribution in [2.24, 2.45) is 0 Å². The quantitative estimate of drug-likeness (QED) is 0.918. The molecule has 0 amide bonds. The summed E-state index contributed by atoms with van der Waals surface area (Å²) in [7, 11) is 2.02. The molecule has 3 rings (SSSR count). The summed E-state index contributed by atoms with van der Waals surface area (Å²) in [5.74, 6) is 0.449. The summed E-state index contributed by atoms with van der Waals surface area (Å²) in [5, 5.41) is 3.45. The van der Waals surface area contributed by atoms with Gasteiger partial charge in [0.2, 0.25) is 0 Å². The van der Waals surface area contributed by atoms with Crippen molar-refractivity contribution in [3.05, 3.63) is 50.9 Å². The second kappa shape index (κ2) is 5.61. The maximum Gasteiger partial charge on any atom is 0.0931 e. The van der Waals surface area contributed by atoms with Crippen LogP contribution in [0.2, 0.25) is 4.34 Å². The number of rotatable bonds is 3. The molecule has 0 spiro atoms. The minimum atomic E-state index is 0.312. The van der Waals surface area contributed by atoms with Crippen molar-refractivity contribution in [3.8, 4) is 0 Å². The van der Waals surface area contributed by atoms with E-state index >= 15 is 0 Å². The van der Waals surface area contributed by atoms with Gasteiger partial charge in [0.1, 0.15) is 0 Å². The van der Waals surface area contributed by atoms with E-state index in [4.69, 9.17) is 11.6 Å². The van der Waals surface area contributed by atoms with Crippen molar-refractivity contribution in [1.29, 1.82) is 0 Å². The van der Waals surface area contributed by atoms with Crippen LogP contribution in [0.5, 0.6) is 0 Å². The number of hydrogen-bond acceptors (Lipinski definition) is 3. The molecule has 2 nitrogen and oxygen atoms in total. The lowest BCUT2D eigenvalue weighted by Crippen LogP contribution is -2.26. The summed E-state index contributed by atoms with van der Waals surface area (Å²) in [6, 6.07) is 8.67. The second-order valence-electron chi connectivity index (χ2n) is 4.95. The van der Waals surface area contributed by atoms with Gasteiger partial charge in [-0.25, -0.2) is 0 Å². The third-order valence-electron chi connectivity index (χ3n) is 3.85. The summed E-state index contributed by atoms with van der Waals surface area (Å²) in [6.45, 7) is 0. The van der Waals surface area contributed by atoms with Gasteiger partial charge in [0.05, 0.1) is 4.34 Å². The number of thiophene rings is 1. The van der Waals surface area contributed by atoms with Crippen LogP contribution in [0.3, 0.4) is 0 Å². The van der Waals surface area contributed by atoms with Gasteiger partial charge in [-0.1, -0.05) is 17.7 Å². The van der Waals surface area contributed by atoms with Gasteiger partial charge in [-0.05, 0) is 50.1 Å². The maximum absolute atomic E-state index is 6.08. The average Bonchev–Trinajstić information content (AvgIpc) is 2.86. The van der Waals surface area contributed by atoms with Crippen LogP contribution in [0.15, 0.2) is 30.5 Å². The molecule has 4 heteroatoms. The molecular weight excluding hydrogens is 276 g/mol. The molecule has 0 radical (unpaired) electrons. The summed E-state index contributed by atoms with van der Waals surface area (Å²) in [4.78, 5) is 5.94. The standard InChI is InChI=1S/C15H17ClN2S/c1-17-15(12-7-8-13(16)19-12)11-6-2-4-10-5-3-9-18-14(10)11/h3,5,7-9,11,15,17H,2,4,6H2,1H3. The summed E-state index contributed by atoms with van der Waals surface area (Å²) >= 11 is 7.74. The van der Waals surface area contributed by atoms with Gasteiger partial charge in [-0.3, -0.25) is 4.98 Å². The zero-order chi connectivity index (χ0) is 13.2. The van der Waals surface area contributed by atoms with Crippen LogP contribution in [0.25, 0.3) is 0 Å². The Hall–Kier alpha value is -0.900. The molecule has 19 heavy (non-hydrogen) atoms. The predicted molar refractivity (Wildman–Crippen MR) is 81.0 cm³/mol. The molecule has 0 bridgehead atoms. The van der Waals surface area contributed by atoms with E-state index in [2.05, 4.69) is 22.4 Å². The Bertz CT molecular complexity index is 567. The SMILES string of the molecule is CNC(c1ccc(Cl)s1)C1CCCc2cccnc21. The number of aryl methyl sites for hydroxylation is 1. The van der Waals surface area contributed by atoms with Crippen LogP contribution < -0.4 is 5.32 Å². The maximum atomic E-state index is 6.08. The lowest BCUT2D eigenvalue weighted by Gasteiger charge is -2.30. The number of likely N-dealkylation sites (N-methyl/N-ethyl adjacent to an activating group) is 1. The molecule has 2 unspecified atom stereocenters. The molecule has 0 aromatic carbocycles. The minimum absolute atomic E-state index is 0.312. The number of nitrogens with zero attached hydrogens (tertiary/aromatic N) is 1. The van der Waals surface area contributed by atoms with Crippen LogP contribution in [0.1, 0.15) is 40.9 Å². The van der Waals surface area contributed by atoms with Crippen LogP contribution >= 0.6 is 22.9 Å². The van der Waals surface area contributed by atoms with Gasteiger partial charge in [0.15, 0.2) is 0 Å². The van der Waals surface area contributed by atoms with Crippen LogP contribution in [-0.2, 0) is 6.42 Å². The molecule has 0 saturated heterocycles. The minimum Gasteiger partial charge on any atom is -0.312 e. The Morgan fingerprint density at radius 1 is 1.42 bits per heavy atom. The molecule has 2 heterocycles. The van der Waals surface area contributed by atoms with E-state index in [0.717, 1.165) is 10.8 Å². The van der Waals surface area contributed by atoms with Crippen LogP contribution in [-0.4, -0.2) is 12.0 Å². The van der Waals surface area contributed by atoms with E-state index in [9.17, 15) is 0 Å². The van der Waals surface area contributed by atoms with E-state index in [0.29, 0.717) is 12.0 Å². The lowest BCUT2D eigenvalue weighted by atomic mass is 9.81. The Morgan fingerprint density at radius 3 is 3.05 bits per heavy atom. The summed E-state index contributed by atoms with van der Waals surface area (Å²) in [6.07, 6.45) is 5.48. The lowest BCUT2D eigenvalue weighted by molar-refractivity contribution is 0.420. The molecule has 1 aliphatic carbocycles. The normalized spacial score (nSPS) is 20.0. The molecule has 1 aliphatic rings. The van der Waals surface area contributed by atoms with Gasteiger partial charge in [0, 0.05) is 28.7 Å². The number of fused-ring (bicyclic) bond motifs is 1. The number of halogens is 1. The Kier molecular flexibility index (Phi) is 3.87. The molecule has 0 fully saturated rings. The molecular formula is C15H17ClN2S. The highest BCUT2D eigenvalue weighted by Crippen LogP contribution is 2.41. The van der Waals surface area contributed by atoms with E-state index < -0.39 is 0 Å². The summed E-state index contributed by atoms with van der Waals surface area (Å²) in [5.41, 5.74) is 2.67. The van der Waals surface area contributed by atoms with Crippen molar-refractivity contribution in [2.45, 2.75) is 31.2 Å². The Balaban J connectivity index is 1.97.